The molecule has 0 aliphatic heterocycles. The van der Waals surface area contributed by atoms with Crippen LogP contribution in [0.4, 0.5) is 0 Å². The first-order valence-corrected chi connectivity index (χ1v) is 7.60. The van der Waals surface area contributed by atoms with Gasteiger partial charge in [0.1, 0.15) is 0 Å². The first kappa shape index (κ1) is 11.1. The van der Waals surface area contributed by atoms with Gasteiger partial charge in [0.2, 0.25) is 0 Å². The maximum Gasteiger partial charge on any atom is 0.00983 e. The average molecular weight is 221 g/mol. The molecule has 3 aliphatic carbocycles. The molecule has 0 saturated heterocycles. The standard InChI is InChI=1S/C15H27N/c16-15(12-5-3-1-2-4-6-12)14-10-11-7-8-13(14)9-11/h11-15H,1-10,16H2. The zero-order valence-corrected chi connectivity index (χ0v) is 10.5. The van der Waals surface area contributed by atoms with Crippen molar-refractivity contribution in [2.75, 3.05) is 0 Å². The second kappa shape index (κ2) is 4.68. The molecule has 4 unspecified atom stereocenters. The van der Waals surface area contributed by atoms with E-state index in [4.69, 9.17) is 5.73 Å². The van der Waals surface area contributed by atoms with Gasteiger partial charge in [0.15, 0.2) is 0 Å². The maximum atomic E-state index is 6.61. The van der Waals surface area contributed by atoms with E-state index in [-0.39, 0.29) is 0 Å². The summed E-state index contributed by atoms with van der Waals surface area (Å²) in [6.45, 7) is 0. The van der Waals surface area contributed by atoms with Gasteiger partial charge in [0.25, 0.3) is 0 Å². The van der Waals surface area contributed by atoms with Gasteiger partial charge in [-0.15, -0.1) is 0 Å². The van der Waals surface area contributed by atoms with Crippen LogP contribution < -0.4 is 5.73 Å². The molecule has 16 heavy (non-hydrogen) atoms. The van der Waals surface area contributed by atoms with Crippen molar-refractivity contribution in [2.45, 2.75) is 70.3 Å². The Hall–Kier alpha value is -0.0400. The van der Waals surface area contributed by atoms with Crippen LogP contribution in [0.3, 0.4) is 0 Å². The molecule has 0 amide bonds. The number of fused-ring (bicyclic) bond motifs is 2. The molecule has 2 bridgehead atoms. The third kappa shape index (κ3) is 2.03. The molecule has 3 fully saturated rings. The summed E-state index contributed by atoms with van der Waals surface area (Å²) in [5.74, 6) is 3.85. The van der Waals surface area contributed by atoms with E-state index in [1.165, 1.54) is 64.2 Å². The van der Waals surface area contributed by atoms with E-state index in [0.29, 0.717) is 6.04 Å². The second-order valence-electron chi connectivity index (χ2n) is 6.67. The van der Waals surface area contributed by atoms with Crippen LogP contribution in [-0.2, 0) is 0 Å². The fourth-order valence-corrected chi connectivity index (χ4v) is 4.81. The number of nitrogens with two attached hydrogens (primary N) is 1. The Morgan fingerprint density at radius 1 is 0.812 bits per heavy atom. The average Bonchev–Trinajstić information content (AvgIpc) is 2.82. The van der Waals surface area contributed by atoms with Crippen LogP contribution in [0.1, 0.15) is 64.2 Å². The topological polar surface area (TPSA) is 26.0 Å². The summed E-state index contributed by atoms with van der Waals surface area (Å²) in [5.41, 5.74) is 6.61. The van der Waals surface area contributed by atoms with Gasteiger partial charge in [-0.05, 0) is 55.8 Å². The predicted molar refractivity (Wildman–Crippen MR) is 68.1 cm³/mol. The van der Waals surface area contributed by atoms with Crippen molar-refractivity contribution < 1.29 is 0 Å². The Labute approximate surface area is 100 Å². The highest BCUT2D eigenvalue weighted by Crippen LogP contribution is 2.50. The molecule has 0 aromatic heterocycles. The minimum Gasteiger partial charge on any atom is -0.327 e. The third-order valence-electron chi connectivity index (χ3n) is 5.73. The highest BCUT2D eigenvalue weighted by Gasteiger charge is 2.43. The maximum absolute atomic E-state index is 6.61. The van der Waals surface area contributed by atoms with Gasteiger partial charge < -0.3 is 5.73 Å². The molecule has 4 atom stereocenters. The lowest BCUT2D eigenvalue weighted by Crippen LogP contribution is -2.40. The number of rotatable bonds is 2. The van der Waals surface area contributed by atoms with Crippen molar-refractivity contribution in [1.82, 2.24) is 0 Å². The minimum atomic E-state index is 0.549. The molecule has 1 heteroatoms. The van der Waals surface area contributed by atoms with Crippen LogP contribution in [-0.4, -0.2) is 6.04 Å². The van der Waals surface area contributed by atoms with Gasteiger partial charge in [-0.1, -0.05) is 32.1 Å². The van der Waals surface area contributed by atoms with Crippen molar-refractivity contribution in [1.29, 1.82) is 0 Å². The van der Waals surface area contributed by atoms with Gasteiger partial charge in [0.05, 0.1) is 0 Å². The summed E-state index contributed by atoms with van der Waals surface area (Å²) in [6.07, 6.45) is 14.7. The summed E-state index contributed by atoms with van der Waals surface area (Å²) < 4.78 is 0. The fraction of sp³-hybridized carbons (Fsp3) is 1.00. The van der Waals surface area contributed by atoms with Gasteiger partial charge in [0, 0.05) is 6.04 Å². The molecule has 3 saturated carbocycles. The zero-order valence-electron chi connectivity index (χ0n) is 10.5. The van der Waals surface area contributed by atoms with E-state index in [0.717, 1.165) is 23.7 Å². The molecule has 3 aliphatic rings. The smallest absolute Gasteiger partial charge is 0.00983 e. The Balaban J connectivity index is 1.61. The van der Waals surface area contributed by atoms with Crippen molar-refractivity contribution in [2.24, 2.45) is 29.4 Å². The van der Waals surface area contributed by atoms with Gasteiger partial charge >= 0.3 is 0 Å². The van der Waals surface area contributed by atoms with Crippen LogP contribution in [0.2, 0.25) is 0 Å². The van der Waals surface area contributed by atoms with Crippen LogP contribution in [0.15, 0.2) is 0 Å². The van der Waals surface area contributed by atoms with Gasteiger partial charge in [-0.2, -0.15) is 0 Å². The molecule has 2 N–H and O–H groups in total. The highest BCUT2D eigenvalue weighted by molar-refractivity contribution is 4.96. The van der Waals surface area contributed by atoms with E-state index >= 15 is 0 Å². The van der Waals surface area contributed by atoms with Crippen LogP contribution in [0.25, 0.3) is 0 Å². The molecule has 0 heterocycles. The number of hydrogen-bond acceptors (Lipinski definition) is 1. The van der Waals surface area contributed by atoms with Crippen molar-refractivity contribution >= 4 is 0 Å². The Bertz CT molecular complexity index is 230. The van der Waals surface area contributed by atoms with Crippen molar-refractivity contribution in [3.8, 4) is 0 Å². The molecule has 92 valence electrons. The lowest BCUT2D eigenvalue weighted by Gasteiger charge is -2.33. The molecule has 1 nitrogen and oxygen atoms in total. The molecular weight excluding hydrogens is 194 g/mol. The highest BCUT2D eigenvalue weighted by atomic mass is 14.7. The molecule has 0 aromatic carbocycles. The Morgan fingerprint density at radius 2 is 1.56 bits per heavy atom. The summed E-state index contributed by atoms with van der Waals surface area (Å²) >= 11 is 0. The first-order valence-electron chi connectivity index (χ1n) is 7.60. The molecule has 0 radical (unpaired) electrons. The van der Waals surface area contributed by atoms with Crippen molar-refractivity contribution in [3.05, 3.63) is 0 Å². The molecule has 0 aromatic rings. The lowest BCUT2D eigenvalue weighted by atomic mass is 9.76. The van der Waals surface area contributed by atoms with Crippen LogP contribution in [0.5, 0.6) is 0 Å². The fourth-order valence-electron chi connectivity index (χ4n) is 4.81. The lowest BCUT2D eigenvalue weighted by molar-refractivity contribution is 0.212. The summed E-state index contributed by atoms with van der Waals surface area (Å²) in [4.78, 5) is 0. The van der Waals surface area contributed by atoms with Crippen LogP contribution in [0, 0.1) is 23.7 Å². The quantitative estimate of drug-likeness (QED) is 0.707. The second-order valence-corrected chi connectivity index (χ2v) is 6.67. The minimum absolute atomic E-state index is 0.549. The Morgan fingerprint density at radius 3 is 2.12 bits per heavy atom. The van der Waals surface area contributed by atoms with Crippen molar-refractivity contribution in [3.63, 3.8) is 0 Å². The van der Waals surface area contributed by atoms with E-state index in [1.807, 2.05) is 0 Å². The molecule has 3 rings (SSSR count). The predicted octanol–water partition coefficient (Wildman–Crippen LogP) is 3.72. The summed E-state index contributed by atoms with van der Waals surface area (Å²) in [6, 6.07) is 0.549. The van der Waals surface area contributed by atoms with E-state index in [2.05, 4.69) is 0 Å². The zero-order chi connectivity index (χ0) is 11.0. The third-order valence-corrected chi connectivity index (χ3v) is 5.73. The van der Waals surface area contributed by atoms with E-state index in [1.54, 1.807) is 0 Å². The summed E-state index contributed by atoms with van der Waals surface area (Å²) in [7, 11) is 0. The normalized spacial score (nSPS) is 42.2. The molecule has 0 spiro atoms. The number of hydrogen-bond donors (Lipinski definition) is 1. The largest absolute Gasteiger partial charge is 0.327 e. The monoisotopic (exact) mass is 221 g/mol. The van der Waals surface area contributed by atoms with E-state index < -0.39 is 0 Å². The van der Waals surface area contributed by atoms with Gasteiger partial charge in [-0.3, -0.25) is 0 Å². The van der Waals surface area contributed by atoms with Gasteiger partial charge in [-0.25, -0.2) is 0 Å². The summed E-state index contributed by atoms with van der Waals surface area (Å²) in [5, 5.41) is 0. The van der Waals surface area contributed by atoms with E-state index in [9.17, 15) is 0 Å². The SMILES string of the molecule is NC(C1CCCCCC1)C1CC2CCC1C2. The molecular formula is C15H27N. The first-order chi connectivity index (χ1) is 7.84. The van der Waals surface area contributed by atoms with Crippen LogP contribution >= 0.6 is 0 Å². The Kier molecular flexibility index (Phi) is 3.24.